The van der Waals surface area contributed by atoms with Crippen LogP contribution in [0.1, 0.15) is 69.1 Å². The molecule has 0 saturated carbocycles. The summed E-state index contributed by atoms with van der Waals surface area (Å²) in [5.74, 6) is -5.28. The van der Waals surface area contributed by atoms with Crippen LogP contribution >= 0.6 is 0 Å². The predicted molar refractivity (Wildman–Crippen MR) is 155 cm³/mol. The second kappa shape index (κ2) is 13.4. The third-order valence-electron chi connectivity index (χ3n) is 8.58. The van der Waals surface area contributed by atoms with E-state index in [1.807, 2.05) is 19.9 Å². The van der Waals surface area contributed by atoms with Crippen LogP contribution in [0.15, 0.2) is 59.2 Å². The van der Waals surface area contributed by atoms with Crippen molar-refractivity contribution in [1.29, 1.82) is 0 Å². The van der Waals surface area contributed by atoms with E-state index in [1.165, 1.54) is 0 Å². The molecule has 0 aromatic heterocycles. The fourth-order valence-electron chi connectivity index (χ4n) is 6.45. The Morgan fingerprint density at radius 1 is 0.978 bits per heavy atom. The zero-order valence-corrected chi connectivity index (χ0v) is 24.8. The van der Waals surface area contributed by atoms with Crippen LogP contribution in [0.3, 0.4) is 0 Å². The lowest BCUT2D eigenvalue weighted by Gasteiger charge is -2.36. The van der Waals surface area contributed by atoms with Gasteiger partial charge in [0.2, 0.25) is 11.8 Å². The van der Waals surface area contributed by atoms with Gasteiger partial charge in [-0.3, -0.25) is 9.59 Å². The van der Waals surface area contributed by atoms with Crippen molar-refractivity contribution in [3.8, 4) is 5.75 Å². The second-order valence-electron chi connectivity index (χ2n) is 11.5. The maximum Gasteiger partial charge on any atom is 0.416 e. The first kappa shape index (κ1) is 34.2. The summed E-state index contributed by atoms with van der Waals surface area (Å²) in [5.41, 5.74) is -1.29. The zero-order valence-electron chi connectivity index (χ0n) is 24.8. The molecule has 2 amide bonds. The molecule has 1 aliphatic carbocycles. The van der Waals surface area contributed by atoms with E-state index in [1.54, 1.807) is 24.3 Å². The molecule has 0 radical (unpaired) electrons. The highest BCUT2D eigenvalue weighted by Gasteiger charge is 2.55. The van der Waals surface area contributed by atoms with Crippen molar-refractivity contribution in [1.82, 2.24) is 0 Å². The van der Waals surface area contributed by atoms with E-state index in [2.05, 4.69) is 0 Å². The minimum atomic E-state index is -5.18. The number of aromatic hydroxyl groups is 1. The summed E-state index contributed by atoms with van der Waals surface area (Å²) in [5, 5.41) is 31.5. The molecule has 1 fully saturated rings. The molecule has 12 heteroatoms. The Morgan fingerprint density at radius 3 is 2.09 bits per heavy atom. The molecule has 244 valence electrons. The van der Waals surface area contributed by atoms with E-state index in [0.717, 1.165) is 11.1 Å². The minimum absolute atomic E-state index is 0.0163. The van der Waals surface area contributed by atoms with Crippen molar-refractivity contribution < 1.29 is 51.3 Å². The number of aliphatic hydroxyl groups excluding tert-OH is 2. The molecule has 0 bridgehead atoms. The van der Waals surface area contributed by atoms with Gasteiger partial charge in [0.1, 0.15) is 5.75 Å². The SMILES string of the molecule is CCCC1=C([C@H](O)CC/C(=C/c2ccc(O)cc2)CC)[C@H](CO)[C@@H]2C(=O)N(c3cc(C(F)(F)F)cc(C(F)(F)F)c3)C(=O)[C@@H]2C1. The van der Waals surface area contributed by atoms with Gasteiger partial charge in [0.25, 0.3) is 0 Å². The molecular weight excluding hydrogens is 604 g/mol. The molecule has 0 spiro atoms. The van der Waals surface area contributed by atoms with E-state index in [4.69, 9.17) is 0 Å². The first-order valence-corrected chi connectivity index (χ1v) is 14.8. The number of phenols is 1. The van der Waals surface area contributed by atoms with Crippen LogP contribution < -0.4 is 4.90 Å². The number of amides is 2. The fourth-order valence-corrected chi connectivity index (χ4v) is 6.45. The number of rotatable bonds is 10. The van der Waals surface area contributed by atoms with Gasteiger partial charge >= 0.3 is 12.4 Å². The molecule has 2 aromatic rings. The monoisotopic (exact) mass is 639 g/mol. The largest absolute Gasteiger partial charge is 0.508 e. The van der Waals surface area contributed by atoms with Crippen molar-refractivity contribution in [2.75, 3.05) is 11.5 Å². The van der Waals surface area contributed by atoms with Gasteiger partial charge in [-0.25, -0.2) is 4.90 Å². The molecule has 0 unspecified atom stereocenters. The molecule has 1 heterocycles. The summed E-state index contributed by atoms with van der Waals surface area (Å²) in [7, 11) is 0. The quantitative estimate of drug-likeness (QED) is 0.144. The van der Waals surface area contributed by atoms with Gasteiger partial charge in [-0.15, -0.1) is 0 Å². The van der Waals surface area contributed by atoms with Gasteiger partial charge in [-0.1, -0.05) is 49.6 Å². The minimum Gasteiger partial charge on any atom is -0.508 e. The summed E-state index contributed by atoms with van der Waals surface area (Å²) >= 11 is 0. The average molecular weight is 640 g/mol. The van der Waals surface area contributed by atoms with Crippen LogP contribution in [0, 0.1) is 17.8 Å². The van der Waals surface area contributed by atoms with Crippen molar-refractivity contribution in [2.24, 2.45) is 17.8 Å². The molecule has 45 heavy (non-hydrogen) atoms. The van der Waals surface area contributed by atoms with Crippen molar-refractivity contribution >= 4 is 23.6 Å². The Morgan fingerprint density at radius 2 is 1.58 bits per heavy atom. The number of carbonyl (C=O) groups excluding carboxylic acids is 2. The molecule has 4 atom stereocenters. The number of halogens is 6. The molecule has 2 aliphatic rings. The highest BCUT2D eigenvalue weighted by Crippen LogP contribution is 2.49. The lowest BCUT2D eigenvalue weighted by molar-refractivity contribution is -0.143. The summed E-state index contributed by atoms with van der Waals surface area (Å²) in [4.78, 5) is 27.6. The lowest BCUT2D eigenvalue weighted by Crippen LogP contribution is -2.39. The molecule has 3 N–H and O–H groups in total. The summed E-state index contributed by atoms with van der Waals surface area (Å²) < 4.78 is 81.4. The lowest BCUT2D eigenvalue weighted by atomic mass is 9.67. The fraction of sp³-hybridized carbons (Fsp3) is 0.455. The number of hydrogen-bond acceptors (Lipinski definition) is 5. The van der Waals surface area contributed by atoms with Crippen LogP contribution in [-0.4, -0.2) is 39.8 Å². The van der Waals surface area contributed by atoms with Gasteiger partial charge in [-0.05, 0) is 73.6 Å². The Balaban J connectivity index is 1.67. The molecule has 2 aromatic carbocycles. The first-order valence-electron chi connectivity index (χ1n) is 14.8. The molecule has 4 rings (SSSR count). The Hall–Kier alpha value is -3.64. The van der Waals surface area contributed by atoms with E-state index >= 15 is 0 Å². The van der Waals surface area contributed by atoms with Gasteiger partial charge in [0.05, 0.1) is 41.4 Å². The van der Waals surface area contributed by atoms with E-state index in [0.29, 0.717) is 53.9 Å². The Kier molecular flexibility index (Phi) is 10.2. The number of imide groups is 1. The number of alkyl halides is 6. The van der Waals surface area contributed by atoms with E-state index in [-0.39, 0.29) is 24.7 Å². The normalized spacial score (nSPS) is 21.9. The van der Waals surface area contributed by atoms with Crippen molar-refractivity contribution in [2.45, 2.75) is 70.8 Å². The number of nitrogens with zero attached hydrogens (tertiary/aromatic N) is 1. The van der Waals surface area contributed by atoms with Gasteiger partial charge in [0, 0.05) is 5.92 Å². The molecule has 6 nitrogen and oxygen atoms in total. The van der Waals surface area contributed by atoms with Gasteiger partial charge < -0.3 is 15.3 Å². The Labute approximate surface area is 256 Å². The van der Waals surface area contributed by atoms with Crippen LogP contribution in [0.4, 0.5) is 32.0 Å². The summed E-state index contributed by atoms with van der Waals surface area (Å²) in [6.45, 7) is 3.15. The van der Waals surface area contributed by atoms with Crippen molar-refractivity contribution in [3.05, 3.63) is 75.9 Å². The number of fused-ring (bicyclic) bond motifs is 1. The van der Waals surface area contributed by atoms with Gasteiger partial charge in [-0.2, -0.15) is 26.3 Å². The summed E-state index contributed by atoms with van der Waals surface area (Å²) in [6.07, 6.45) is -7.25. The van der Waals surface area contributed by atoms with Crippen LogP contribution in [0.2, 0.25) is 0 Å². The molecular formula is C33H35F6NO5. The first-order chi connectivity index (χ1) is 21.1. The standard InChI is InChI=1S/C33H35F6NO5/c1-3-5-20-13-25-29(26(17-41)28(20)27(43)11-8-18(4-2)12-19-6-9-24(42)10-7-19)31(45)40(30(25)44)23-15-21(32(34,35)36)14-22(16-23)33(37,38)39/h6-7,9-10,12,14-16,25-27,29,41-43H,3-5,8,11,13,17H2,1-2H3/b18-12+/t25-,26+,27-,29-/m1/s1. The Bertz CT molecular complexity index is 1450. The molecule has 1 aliphatic heterocycles. The van der Waals surface area contributed by atoms with Crippen LogP contribution in [-0.2, 0) is 21.9 Å². The smallest absolute Gasteiger partial charge is 0.416 e. The number of carbonyl (C=O) groups is 2. The van der Waals surface area contributed by atoms with Crippen LogP contribution in [0.25, 0.3) is 6.08 Å². The summed E-state index contributed by atoms with van der Waals surface area (Å²) in [6, 6.07) is 7.19. The van der Waals surface area contributed by atoms with E-state index in [9.17, 15) is 51.3 Å². The number of aliphatic hydroxyl groups is 2. The van der Waals surface area contributed by atoms with E-state index < -0.39 is 71.4 Å². The third-order valence-corrected chi connectivity index (χ3v) is 8.58. The predicted octanol–water partition coefficient (Wildman–Crippen LogP) is 7.28. The topological polar surface area (TPSA) is 98.1 Å². The van der Waals surface area contributed by atoms with Gasteiger partial charge in [0.15, 0.2) is 0 Å². The average Bonchev–Trinajstić information content (AvgIpc) is 3.23. The highest BCUT2D eigenvalue weighted by atomic mass is 19.4. The maximum absolute atomic E-state index is 13.7. The van der Waals surface area contributed by atoms with Crippen LogP contribution in [0.5, 0.6) is 5.75 Å². The second-order valence-corrected chi connectivity index (χ2v) is 11.5. The number of benzene rings is 2. The third kappa shape index (κ3) is 7.27. The highest BCUT2D eigenvalue weighted by molar-refractivity contribution is 6.22. The van der Waals surface area contributed by atoms with Crippen molar-refractivity contribution in [3.63, 3.8) is 0 Å². The molecule has 1 saturated heterocycles. The maximum atomic E-state index is 13.7. The number of hydrogen-bond donors (Lipinski definition) is 3. The number of phenolic OH excluding ortho intramolecular Hbond substituents is 1. The number of anilines is 1. The number of allylic oxidation sites excluding steroid dienone is 2. The zero-order chi connectivity index (χ0) is 33.3.